The van der Waals surface area contributed by atoms with Gasteiger partial charge in [0.15, 0.2) is 0 Å². The molecule has 0 radical (unpaired) electrons. The first kappa shape index (κ1) is 16.7. The Morgan fingerprint density at radius 2 is 2.05 bits per heavy atom. The molecule has 0 amide bonds. The zero-order valence-electron chi connectivity index (χ0n) is 12.7. The monoisotopic (exact) mass is 330 g/mol. The molecule has 21 heavy (non-hydrogen) atoms. The van der Waals surface area contributed by atoms with Gasteiger partial charge in [0.1, 0.15) is 0 Å². The van der Waals surface area contributed by atoms with Crippen molar-refractivity contribution in [3.05, 3.63) is 28.8 Å². The fourth-order valence-electron chi connectivity index (χ4n) is 2.33. The van der Waals surface area contributed by atoms with Gasteiger partial charge in [0.2, 0.25) is 10.0 Å². The van der Waals surface area contributed by atoms with Crippen LogP contribution in [0.2, 0.25) is 5.02 Å². The van der Waals surface area contributed by atoms with Crippen LogP contribution in [-0.4, -0.2) is 21.5 Å². The average molecular weight is 331 g/mol. The molecule has 1 atom stereocenters. The van der Waals surface area contributed by atoms with E-state index in [9.17, 15) is 8.42 Å². The van der Waals surface area contributed by atoms with Crippen molar-refractivity contribution in [2.75, 3.05) is 13.1 Å². The lowest BCUT2D eigenvalue weighted by atomic mass is 10.1. The molecule has 2 rings (SSSR count). The molecule has 2 N–H and O–H groups in total. The second kappa shape index (κ2) is 6.24. The number of benzene rings is 1. The van der Waals surface area contributed by atoms with Crippen LogP contribution in [0.5, 0.6) is 0 Å². The van der Waals surface area contributed by atoms with Crippen LogP contribution in [0, 0.1) is 11.3 Å². The van der Waals surface area contributed by atoms with Gasteiger partial charge in [-0.1, -0.05) is 32.4 Å². The van der Waals surface area contributed by atoms with E-state index in [1.54, 1.807) is 18.2 Å². The van der Waals surface area contributed by atoms with Crippen molar-refractivity contribution in [2.45, 2.75) is 38.6 Å². The van der Waals surface area contributed by atoms with E-state index in [0.717, 1.165) is 18.5 Å². The molecule has 1 aliphatic rings. The maximum Gasteiger partial charge on any atom is 0.240 e. The van der Waals surface area contributed by atoms with Crippen LogP contribution >= 0.6 is 11.6 Å². The van der Waals surface area contributed by atoms with E-state index in [1.165, 1.54) is 0 Å². The Hall–Kier alpha value is -0.620. The van der Waals surface area contributed by atoms with E-state index in [4.69, 9.17) is 11.6 Å². The molecule has 0 bridgehead atoms. The summed E-state index contributed by atoms with van der Waals surface area (Å²) in [5.74, 6) is 0.431. The molecule has 0 aromatic heterocycles. The first-order valence-electron chi connectivity index (χ1n) is 7.25. The molecule has 1 aromatic carbocycles. The summed E-state index contributed by atoms with van der Waals surface area (Å²) in [4.78, 5) is 0.276. The Kier molecular flexibility index (Phi) is 4.98. The minimum Gasteiger partial charge on any atom is -0.313 e. The number of halogens is 1. The zero-order valence-corrected chi connectivity index (χ0v) is 14.3. The maximum absolute atomic E-state index is 12.3. The third-order valence-electron chi connectivity index (χ3n) is 4.13. The van der Waals surface area contributed by atoms with Crippen LogP contribution in [0.1, 0.15) is 32.8 Å². The first-order chi connectivity index (χ1) is 9.76. The summed E-state index contributed by atoms with van der Waals surface area (Å²) in [6.07, 6.45) is 1.07. The quantitative estimate of drug-likeness (QED) is 0.808. The SMILES string of the molecule is CCNCc1cc(S(=O)(=O)NCC2CC2(C)C)ccc1Cl. The molecule has 1 saturated carbocycles. The Balaban J connectivity index is 2.08. The van der Waals surface area contributed by atoms with Gasteiger partial charge >= 0.3 is 0 Å². The molecular formula is C15H23ClN2O2S. The third kappa shape index (κ3) is 4.19. The van der Waals surface area contributed by atoms with Crippen molar-refractivity contribution >= 4 is 21.6 Å². The van der Waals surface area contributed by atoms with Gasteiger partial charge in [0.25, 0.3) is 0 Å². The zero-order chi connectivity index (χ0) is 15.7. The van der Waals surface area contributed by atoms with Crippen LogP contribution in [0.4, 0.5) is 0 Å². The molecule has 1 aliphatic carbocycles. The van der Waals surface area contributed by atoms with Crippen molar-refractivity contribution in [3.8, 4) is 0 Å². The number of nitrogens with one attached hydrogen (secondary N) is 2. The first-order valence-corrected chi connectivity index (χ1v) is 9.11. The van der Waals surface area contributed by atoms with Crippen molar-refractivity contribution in [3.63, 3.8) is 0 Å². The van der Waals surface area contributed by atoms with Crippen LogP contribution in [0.25, 0.3) is 0 Å². The van der Waals surface area contributed by atoms with Gasteiger partial charge in [0, 0.05) is 18.1 Å². The molecule has 0 aliphatic heterocycles. The Morgan fingerprint density at radius 3 is 2.62 bits per heavy atom. The number of sulfonamides is 1. The lowest BCUT2D eigenvalue weighted by Gasteiger charge is -2.11. The summed E-state index contributed by atoms with van der Waals surface area (Å²) in [7, 11) is -3.47. The molecule has 1 aromatic rings. The molecule has 0 saturated heterocycles. The fourth-order valence-corrected chi connectivity index (χ4v) is 3.65. The van der Waals surface area contributed by atoms with Gasteiger partial charge in [-0.3, -0.25) is 0 Å². The summed E-state index contributed by atoms with van der Waals surface area (Å²) in [5.41, 5.74) is 1.06. The van der Waals surface area contributed by atoms with E-state index >= 15 is 0 Å². The highest BCUT2D eigenvalue weighted by molar-refractivity contribution is 7.89. The van der Waals surface area contributed by atoms with Crippen molar-refractivity contribution in [1.29, 1.82) is 0 Å². The molecule has 4 nitrogen and oxygen atoms in total. The summed E-state index contributed by atoms with van der Waals surface area (Å²) in [5, 5.41) is 3.74. The maximum atomic E-state index is 12.3. The smallest absolute Gasteiger partial charge is 0.240 e. The summed E-state index contributed by atoms with van der Waals surface area (Å²) in [6, 6.07) is 4.84. The predicted molar refractivity (Wildman–Crippen MR) is 85.9 cm³/mol. The lowest BCUT2D eigenvalue weighted by Crippen LogP contribution is -2.27. The van der Waals surface area contributed by atoms with Gasteiger partial charge in [-0.05, 0) is 48.1 Å². The fraction of sp³-hybridized carbons (Fsp3) is 0.600. The normalized spacial score (nSPS) is 20.5. The minimum absolute atomic E-state index is 0.263. The van der Waals surface area contributed by atoms with Crippen molar-refractivity contribution in [2.24, 2.45) is 11.3 Å². The second-order valence-electron chi connectivity index (χ2n) is 6.28. The lowest BCUT2D eigenvalue weighted by molar-refractivity contribution is 0.537. The van der Waals surface area contributed by atoms with Gasteiger partial charge < -0.3 is 5.32 Å². The largest absolute Gasteiger partial charge is 0.313 e. The summed E-state index contributed by atoms with van der Waals surface area (Å²) in [6.45, 7) is 8.18. The average Bonchev–Trinajstić information content (AvgIpc) is 3.03. The number of hydrogen-bond acceptors (Lipinski definition) is 3. The van der Waals surface area contributed by atoms with Gasteiger partial charge in [0.05, 0.1) is 4.90 Å². The van der Waals surface area contributed by atoms with Crippen molar-refractivity contribution in [1.82, 2.24) is 10.0 Å². The van der Waals surface area contributed by atoms with Crippen LogP contribution in [-0.2, 0) is 16.6 Å². The topological polar surface area (TPSA) is 58.2 Å². The Morgan fingerprint density at radius 1 is 1.38 bits per heavy atom. The van der Waals surface area contributed by atoms with Crippen LogP contribution in [0.15, 0.2) is 23.1 Å². The highest BCUT2D eigenvalue weighted by Crippen LogP contribution is 2.51. The Labute approximate surface area is 132 Å². The van der Waals surface area contributed by atoms with E-state index < -0.39 is 10.0 Å². The van der Waals surface area contributed by atoms with Gasteiger partial charge in [-0.2, -0.15) is 0 Å². The molecule has 1 fully saturated rings. The summed E-state index contributed by atoms with van der Waals surface area (Å²) >= 11 is 6.10. The van der Waals surface area contributed by atoms with E-state index in [2.05, 4.69) is 23.9 Å². The van der Waals surface area contributed by atoms with E-state index in [-0.39, 0.29) is 10.3 Å². The molecular weight excluding hydrogens is 308 g/mol. The third-order valence-corrected chi connectivity index (χ3v) is 5.92. The second-order valence-corrected chi connectivity index (χ2v) is 8.45. The minimum atomic E-state index is -3.47. The van der Waals surface area contributed by atoms with Crippen LogP contribution in [0.3, 0.4) is 0 Å². The Bertz CT molecular complexity index is 614. The predicted octanol–water partition coefficient (Wildman–Crippen LogP) is 2.77. The van der Waals surface area contributed by atoms with Gasteiger partial charge in [-0.25, -0.2) is 13.1 Å². The van der Waals surface area contributed by atoms with E-state index in [0.29, 0.717) is 24.0 Å². The molecule has 0 spiro atoms. The molecule has 0 heterocycles. The molecule has 118 valence electrons. The summed E-state index contributed by atoms with van der Waals surface area (Å²) < 4.78 is 27.4. The molecule has 1 unspecified atom stereocenters. The van der Waals surface area contributed by atoms with Crippen LogP contribution < -0.4 is 10.0 Å². The van der Waals surface area contributed by atoms with Gasteiger partial charge in [-0.15, -0.1) is 0 Å². The number of rotatable bonds is 7. The highest BCUT2D eigenvalue weighted by Gasteiger charge is 2.45. The molecule has 6 heteroatoms. The number of hydrogen-bond donors (Lipinski definition) is 2. The standard InChI is InChI=1S/C15H23ClN2O2S/c1-4-17-9-11-7-13(5-6-14(11)16)21(19,20)18-10-12-8-15(12,2)3/h5-7,12,17-18H,4,8-10H2,1-3H3. The highest BCUT2D eigenvalue weighted by atomic mass is 35.5. The van der Waals surface area contributed by atoms with Crippen molar-refractivity contribution < 1.29 is 8.42 Å². The van der Waals surface area contributed by atoms with E-state index in [1.807, 2.05) is 6.92 Å².